The molecule has 4 heteroatoms. The molecule has 0 spiro atoms. The van der Waals surface area contributed by atoms with Crippen LogP contribution in [-0.4, -0.2) is 12.5 Å². The largest absolute Gasteiger partial charge is 0.399 e. The molecule has 1 aliphatic carbocycles. The van der Waals surface area contributed by atoms with E-state index < -0.39 is 0 Å². The molecule has 3 N–H and O–H groups in total. The molecule has 1 aromatic carbocycles. The highest BCUT2D eigenvalue weighted by atomic mass is 32.1. The SMILES string of the molecule is CC1CCc2sc(C(=O)NCCc3ccc(N)cc3)cc2C1. The summed E-state index contributed by atoms with van der Waals surface area (Å²) in [6.45, 7) is 2.94. The lowest BCUT2D eigenvalue weighted by molar-refractivity contribution is 0.0958. The number of carbonyl (C=O) groups is 1. The van der Waals surface area contributed by atoms with Crippen LogP contribution in [0.5, 0.6) is 0 Å². The minimum atomic E-state index is 0.0579. The fourth-order valence-corrected chi connectivity index (χ4v) is 4.03. The Kier molecular flexibility index (Phi) is 4.48. The first-order valence-corrected chi connectivity index (χ1v) is 8.67. The molecule has 0 saturated carbocycles. The average Bonchev–Trinajstić information content (AvgIpc) is 2.92. The number of hydrogen-bond donors (Lipinski definition) is 2. The highest BCUT2D eigenvalue weighted by molar-refractivity contribution is 7.14. The Morgan fingerprint density at radius 1 is 1.36 bits per heavy atom. The molecule has 0 bridgehead atoms. The first-order valence-electron chi connectivity index (χ1n) is 7.86. The van der Waals surface area contributed by atoms with Gasteiger partial charge in [0.05, 0.1) is 4.88 Å². The van der Waals surface area contributed by atoms with E-state index in [1.807, 2.05) is 24.3 Å². The Morgan fingerprint density at radius 3 is 2.91 bits per heavy atom. The standard InChI is InChI=1S/C18H22N2OS/c1-12-2-7-16-14(10-12)11-17(22-16)18(21)20-9-8-13-3-5-15(19)6-4-13/h3-6,11-12H,2,7-10,19H2,1H3,(H,20,21). The molecule has 3 nitrogen and oxygen atoms in total. The first-order chi connectivity index (χ1) is 10.6. The Bertz CT molecular complexity index is 660. The van der Waals surface area contributed by atoms with Crippen LogP contribution < -0.4 is 11.1 Å². The van der Waals surface area contributed by atoms with Crippen molar-refractivity contribution >= 4 is 22.9 Å². The van der Waals surface area contributed by atoms with Gasteiger partial charge in [-0.3, -0.25) is 4.79 Å². The highest BCUT2D eigenvalue weighted by Crippen LogP contribution is 2.32. The molecule has 0 saturated heterocycles. The third-order valence-corrected chi connectivity index (χ3v) is 5.47. The molecule has 116 valence electrons. The van der Waals surface area contributed by atoms with Gasteiger partial charge in [0.15, 0.2) is 0 Å². The van der Waals surface area contributed by atoms with E-state index in [-0.39, 0.29) is 5.91 Å². The van der Waals surface area contributed by atoms with Gasteiger partial charge < -0.3 is 11.1 Å². The molecule has 2 aromatic rings. The van der Waals surface area contributed by atoms with E-state index in [0.29, 0.717) is 6.54 Å². The lowest BCUT2D eigenvalue weighted by Gasteiger charge is -2.16. The van der Waals surface area contributed by atoms with Crippen LogP contribution in [0, 0.1) is 5.92 Å². The minimum Gasteiger partial charge on any atom is -0.399 e. The number of fused-ring (bicyclic) bond motifs is 1. The van der Waals surface area contributed by atoms with Gasteiger partial charge in [-0.25, -0.2) is 0 Å². The van der Waals surface area contributed by atoms with Crippen LogP contribution >= 0.6 is 11.3 Å². The number of thiophene rings is 1. The summed E-state index contributed by atoms with van der Waals surface area (Å²) in [5, 5.41) is 3.02. The fourth-order valence-electron chi connectivity index (χ4n) is 2.91. The molecular weight excluding hydrogens is 292 g/mol. The van der Waals surface area contributed by atoms with Gasteiger partial charge in [-0.05, 0) is 60.9 Å². The van der Waals surface area contributed by atoms with E-state index in [4.69, 9.17) is 5.73 Å². The van der Waals surface area contributed by atoms with Crippen molar-refractivity contribution < 1.29 is 4.79 Å². The fraction of sp³-hybridized carbons (Fsp3) is 0.389. The van der Waals surface area contributed by atoms with Crippen molar-refractivity contribution in [3.63, 3.8) is 0 Å². The molecule has 22 heavy (non-hydrogen) atoms. The van der Waals surface area contributed by atoms with Crippen molar-refractivity contribution in [2.24, 2.45) is 5.92 Å². The van der Waals surface area contributed by atoms with E-state index in [2.05, 4.69) is 18.3 Å². The van der Waals surface area contributed by atoms with Gasteiger partial charge in [0.2, 0.25) is 0 Å². The molecule has 0 fully saturated rings. The number of aryl methyl sites for hydroxylation is 1. The third kappa shape index (κ3) is 3.50. The number of amides is 1. The number of rotatable bonds is 4. The van der Waals surface area contributed by atoms with Crippen molar-refractivity contribution in [1.29, 1.82) is 0 Å². The lowest BCUT2D eigenvalue weighted by Crippen LogP contribution is -2.24. The van der Waals surface area contributed by atoms with Crippen LogP contribution in [0.1, 0.15) is 39.0 Å². The molecule has 0 radical (unpaired) electrons. The lowest BCUT2D eigenvalue weighted by atomic mass is 9.90. The average molecular weight is 314 g/mol. The number of nitrogens with two attached hydrogens (primary N) is 1. The van der Waals surface area contributed by atoms with Gasteiger partial charge in [0.25, 0.3) is 5.91 Å². The Balaban J connectivity index is 1.55. The summed E-state index contributed by atoms with van der Waals surface area (Å²) in [6.07, 6.45) is 4.31. The summed E-state index contributed by atoms with van der Waals surface area (Å²) in [5.41, 5.74) is 9.01. The number of anilines is 1. The van der Waals surface area contributed by atoms with E-state index in [1.165, 1.54) is 22.4 Å². The maximum absolute atomic E-state index is 12.3. The van der Waals surface area contributed by atoms with Crippen LogP contribution in [0.25, 0.3) is 0 Å². The predicted molar refractivity (Wildman–Crippen MR) is 92.4 cm³/mol. The summed E-state index contributed by atoms with van der Waals surface area (Å²) in [6, 6.07) is 9.89. The van der Waals surface area contributed by atoms with Crippen molar-refractivity contribution in [3.05, 3.63) is 51.2 Å². The van der Waals surface area contributed by atoms with Crippen molar-refractivity contribution in [2.45, 2.75) is 32.6 Å². The quantitative estimate of drug-likeness (QED) is 0.850. The highest BCUT2D eigenvalue weighted by Gasteiger charge is 2.20. The summed E-state index contributed by atoms with van der Waals surface area (Å²) < 4.78 is 0. The maximum atomic E-state index is 12.3. The second-order valence-corrected chi connectivity index (χ2v) is 7.29. The minimum absolute atomic E-state index is 0.0579. The van der Waals surface area contributed by atoms with Crippen LogP contribution in [0.3, 0.4) is 0 Å². The second kappa shape index (κ2) is 6.53. The van der Waals surface area contributed by atoms with E-state index in [1.54, 1.807) is 11.3 Å². The van der Waals surface area contributed by atoms with E-state index in [0.717, 1.165) is 35.7 Å². The number of nitrogen functional groups attached to an aromatic ring is 1. The van der Waals surface area contributed by atoms with Crippen LogP contribution in [0.15, 0.2) is 30.3 Å². The predicted octanol–water partition coefficient (Wildman–Crippen LogP) is 3.43. The zero-order valence-electron chi connectivity index (χ0n) is 12.9. The normalized spacial score (nSPS) is 17.0. The summed E-state index contributed by atoms with van der Waals surface area (Å²) in [7, 11) is 0. The zero-order chi connectivity index (χ0) is 15.5. The van der Waals surface area contributed by atoms with Gasteiger partial charge in [0.1, 0.15) is 0 Å². The molecule has 1 heterocycles. The molecule has 1 aliphatic rings. The molecule has 0 aliphatic heterocycles. The number of carbonyl (C=O) groups excluding carboxylic acids is 1. The van der Waals surface area contributed by atoms with Crippen molar-refractivity contribution in [1.82, 2.24) is 5.32 Å². The van der Waals surface area contributed by atoms with Crippen LogP contribution in [-0.2, 0) is 19.3 Å². The van der Waals surface area contributed by atoms with E-state index >= 15 is 0 Å². The van der Waals surface area contributed by atoms with Gasteiger partial charge >= 0.3 is 0 Å². The first kappa shape index (κ1) is 15.1. The summed E-state index contributed by atoms with van der Waals surface area (Å²) in [5.74, 6) is 0.797. The molecule has 1 aromatic heterocycles. The van der Waals surface area contributed by atoms with Gasteiger partial charge in [-0.15, -0.1) is 11.3 Å². The maximum Gasteiger partial charge on any atom is 0.261 e. The number of benzene rings is 1. The number of nitrogens with one attached hydrogen (secondary N) is 1. The Labute approximate surface area is 135 Å². The van der Waals surface area contributed by atoms with Gasteiger partial charge in [0, 0.05) is 17.1 Å². The molecule has 1 amide bonds. The monoisotopic (exact) mass is 314 g/mol. The molecule has 1 atom stereocenters. The van der Waals surface area contributed by atoms with Crippen molar-refractivity contribution in [2.75, 3.05) is 12.3 Å². The number of hydrogen-bond acceptors (Lipinski definition) is 3. The van der Waals surface area contributed by atoms with Gasteiger partial charge in [-0.2, -0.15) is 0 Å². The topological polar surface area (TPSA) is 55.1 Å². The molecular formula is C18H22N2OS. The van der Waals surface area contributed by atoms with E-state index in [9.17, 15) is 4.79 Å². The second-order valence-electron chi connectivity index (χ2n) is 6.15. The van der Waals surface area contributed by atoms with Gasteiger partial charge in [-0.1, -0.05) is 19.1 Å². The molecule has 3 rings (SSSR count). The van der Waals surface area contributed by atoms with Crippen LogP contribution in [0.4, 0.5) is 5.69 Å². The van der Waals surface area contributed by atoms with Crippen LogP contribution in [0.2, 0.25) is 0 Å². The zero-order valence-corrected chi connectivity index (χ0v) is 13.7. The summed E-state index contributed by atoms with van der Waals surface area (Å²) >= 11 is 1.67. The Morgan fingerprint density at radius 2 is 2.14 bits per heavy atom. The summed E-state index contributed by atoms with van der Waals surface area (Å²) in [4.78, 5) is 14.5. The third-order valence-electron chi connectivity index (χ3n) is 4.23. The molecule has 1 unspecified atom stereocenters. The smallest absolute Gasteiger partial charge is 0.261 e. The van der Waals surface area contributed by atoms with Crippen molar-refractivity contribution in [3.8, 4) is 0 Å². The Hall–Kier alpha value is -1.81.